The maximum atomic E-state index is 12.9. The summed E-state index contributed by atoms with van der Waals surface area (Å²) in [7, 11) is 0. The fourth-order valence-electron chi connectivity index (χ4n) is 1.17. The summed E-state index contributed by atoms with van der Waals surface area (Å²) in [5.74, 6) is -1.86. The third-order valence-corrected chi connectivity index (χ3v) is 2.08. The van der Waals surface area contributed by atoms with Crippen molar-refractivity contribution in [2.75, 3.05) is 0 Å². The van der Waals surface area contributed by atoms with Crippen LogP contribution in [-0.4, -0.2) is 28.5 Å². The molecule has 0 aliphatic carbocycles. The smallest absolute Gasteiger partial charge is 0.249 e. The van der Waals surface area contributed by atoms with E-state index in [2.05, 4.69) is 0 Å². The lowest BCUT2D eigenvalue weighted by Crippen LogP contribution is -2.33. The molecule has 5 nitrogen and oxygen atoms in total. The average molecular weight is 227 g/mol. The van der Waals surface area contributed by atoms with E-state index >= 15 is 0 Å². The van der Waals surface area contributed by atoms with Crippen molar-refractivity contribution >= 4 is 12.2 Å². The average Bonchev–Trinajstić information content (AvgIpc) is 2.27. The Morgan fingerprint density at radius 1 is 1.44 bits per heavy atom. The molecule has 0 bridgehead atoms. The van der Waals surface area contributed by atoms with Crippen LogP contribution in [0, 0.1) is 5.82 Å². The van der Waals surface area contributed by atoms with Gasteiger partial charge in [-0.05, 0) is 17.7 Å². The molecule has 0 saturated heterocycles. The molecule has 0 aliphatic rings. The van der Waals surface area contributed by atoms with Crippen LogP contribution in [0.15, 0.2) is 18.2 Å². The van der Waals surface area contributed by atoms with E-state index in [1.165, 1.54) is 0 Å². The first-order valence-corrected chi connectivity index (χ1v) is 4.37. The van der Waals surface area contributed by atoms with Crippen LogP contribution in [0.1, 0.15) is 22.0 Å². The van der Waals surface area contributed by atoms with Gasteiger partial charge in [0.2, 0.25) is 5.91 Å². The van der Waals surface area contributed by atoms with Gasteiger partial charge in [0.05, 0.1) is 5.56 Å². The molecule has 16 heavy (non-hydrogen) atoms. The number of amides is 1. The second kappa shape index (κ2) is 4.82. The van der Waals surface area contributed by atoms with Gasteiger partial charge in [-0.25, -0.2) is 4.39 Å². The number of nitrogens with two attached hydrogens (primary N) is 1. The third-order valence-electron chi connectivity index (χ3n) is 2.08. The summed E-state index contributed by atoms with van der Waals surface area (Å²) in [6, 6.07) is 3.15. The maximum absolute atomic E-state index is 12.9. The van der Waals surface area contributed by atoms with Gasteiger partial charge in [-0.15, -0.1) is 0 Å². The second-order valence-corrected chi connectivity index (χ2v) is 3.19. The van der Waals surface area contributed by atoms with Crippen molar-refractivity contribution < 1.29 is 24.2 Å². The van der Waals surface area contributed by atoms with Crippen molar-refractivity contribution in [2.24, 2.45) is 5.73 Å². The van der Waals surface area contributed by atoms with Crippen molar-refractivity contribution in [2.45, 2.75) is 12.2 Å². The molecule has 0 heterocycles. The fourth-order valence-corrected chi connectivity index (χ4v) is 1.17. The molecule has 2 unspecified atom stereocenters. The number of halogens is 1. The van der Waals surface area contributed by atoms with Crippen LogP contribution >= 0.6 is 0 Å². The van der Waals surface area contributed by atoms with Gasteiger partial charge in [-0.3, -0.25) is 9.59 Å². The Bertz CT molecular complexity index is 421. The van der Waals surface area contributed by atoms with Gasteiger partial charge in [0.15, 0.2) is 12.4 Å². The maximum Gasteiger partial charge on any atom is 0.249 e. The van der Waals surface area contributed by atoms with E-state index < -0.39 is 23.9 Å². The molecule has 1 aromatic carbocycles. The quantitative estimate of drug-likeness (QED) is 0.604. The molecular formula is C10H10FNO4. The molecular weight excluding hydrogens is 217 g/mol. The number of primary amides is 1. The zero-order valence-corrected chi connectivity index (χ0v) is 8.13. The molecule has 0 fully saturated rings. The molecule has 6 heteroatoms. The summed E-state index contributed by atoms with van der Waals surface area (Å²) >= 11 is 0. The molecule has 2 atom stereocenters. The summed E-state index contributed by atoms with van der Waals surface area (Å²) < 4.78 is 12.9. The Balaban J connectivity index is 3.05. The van der Waals surface area contributed by atoms with Crippen LogP contribution in [0.2, 0.25) is 0 Å². The fraction of sp³-hybridized carbons (Fsp3) is 0.200. The van der Waals surface area contributed by atoms with E-state index in [0.29, 0.717) is 0 Å². The van der Waals surface area contributed by atoms with Crippen LogP contribution in [-0.2, 0) is 4.79 Å². The van der Waals surface area contributed by atoms with Gasteiger partial charge in [0.25, 0.3) is 0 Å². The molecule has 0 saturated carbocycles. The minimum absolute atomic E-state index is 0.0369. The van der Waals surface area contributed by atoms with Crippen molar-refractivity contribution in [1.29, 1.82) is 0 Å². The van der Waals surface area contributed by atoms with Gasteiger partial charge in [0, 0.05) is 0 Å². The van der Waals surface area contributed by atoms with Gasteiger partial charge in [0.1, 0.15) is 11.9 Å². The SMILES string of the molecule is NC(=O)C(O)C(O)c1ccc(F)c(C=O)c1. The normalized spacial score (nSPS) is 14.2. The van der Waals surface area contributed by atoms with Crippen molar-refractivity contribution in [3.8, 4) is 0 Å². The van der Waals surface area contributed by atoms with Crippen molar-refractivity contribution in [3.05, 3.63) is 35.1 Å². The third kappa shape index (κ3) is 2.41. The zero-order valence-electron chi connectivity index (χ0n) is 8.13. The van der Waals surface area contributed by atoms with Crippen LogP contribution < -0.4 is 5.73 Å². The van der Waals surface area contributed by atoms with Gasteiger partial charge in [-0.2, -0.15) is 0 Å². The number of aliphatic hydroxyl groups is 2. The summed E-state index contributed by atoms with van der Waals surface area (Å²) in [5, 5.41) is 18.7. The van der Waals surface area contributed by atoms with E-state index in [4.69, 9.17) is 5.73 Å². The van der Waals surface area contributed by atoms with Crippen molar-refractivity contribution in [1.82, 2.24) is 0 Å². The molecule has 86 valence electrons. The lowest BCUT2D eigenvalue weighted by atomic mass is 10.0. The largest absolute Gasteiger partial charge is 0.385 e. The standard InChI is InChI=1S/C10H10FNO4/c11-7-2-1-5(3-6(7)4-13)8(14)9(15)10(12)16/h1-4,8-9,14-15H,(H2,12,16). The topological polar surface area (TPSA) is 101 Å². The number of hydrogen-bond acceptors (Lipinski definition) is 4. The van der Waals surface area contributed by atoms with E-state index in [-0.39, 0.29) is 17.4 Å². The van der Waals surface area contributed by atoms with Crippen LogP contribution in [0.25, 0.3) is 0 Å². The van der Waals surface area contributed by atoms with E-state index in [9.17, 15) is 24.2 Å². The number of carbonyl (C=O) groups is 2. The van der Waals surface area contributed by atoms with Crippen LogP contribution in [0.5, 0.6) is 0 Å². The Hall–Kier alpha value is -1.79. The van der Waals surface area contributed by atoms with Gasteiger partial charge < -0.3 is 15.9 Å². The molecule has 1 aromatic rings. The first-order valence-electron chi connectivity index (χ1n) is 4.37. The molecule has 0 radical (unpaired) electrons. The Morgan fingerprint density at radius 3 is 2.56 bits per heavy atom. The number of carbonyl (C=O) groups excluding carboxylic acids is 2. The predicted octanol–water partition coefficient (Wildman–Crippen LogP) is -0.482. The summed E-state index contributed by atoms with van der Waals surface area (Å²) in [4.78, 5) is 21.0. The lowest BCUT2D eigenvalue weighted by Gasteiger charge is -2.15. The number of aliphatic hydroxyl groups excluding tert-OH is 2. The number of benzene rings is 1. The summed E-state index contributed by atoms with van der Waals surface area (Å²) in [6.07, 6.45) is -3.12. The van der Waals surface area contributed by atoms with E-state index in [0.717, 1.165) is 18.2 Å². The lowest BCUT2D eigenvalue weighted by molar-refractivity contribution is -0.131. The molecule has 1 rings (SSSR count). The molecule has 0 aromatic heterocycles. The zero-order chi connectivity index (χ0) is 12.3. The number of rotatable bonds is 4. The first-order chi connectivity index (χ1) is 7.47. The number of aldehydes is 1. The second-order valence-electron chi connectivity index (χ2n) is 3.19. The highest BCUT2D eigenvalue weighted by atomic mass is 19.1. The molecule has 1 amide bonds. The van der Waals surface area contributed by atoms with Crippen LogP contribution in [0.3, 0.4) is 0 Å². The Labute approximate surface area is 90.3 Å². The summed E-state index contributed by atoms with van der Waals surface area (Å²) in [5.41, 5.74) is 4.55. The van der Waals surface area contributed by atoms with Gasteiger partial charge in [-0.1, -0.05) is 6.07 Å². The first kappa shape index (κ1) is 12.3. The number of hydrogen-bond donors (Lipinski definition) is 3. The highest BCUT2D eigenvalue weighted by Crippen LogP contribution is 2.19. The predicted molar refractivity (Wildman–Crippen MR) is 51.9 cm³/mol. The Morgan fingerprint density at radius 2 is 2.06 bits per heavy atom. The molecule has 0 aliphatic heterocycles. The van der Waals surface area contributed by atoms with Gasteiger partial charge >= 0.3 is 0 Å². The summed E-state index contributed by atoms with van der Waals surface area (Å²) in [6.45, 7) is 0. The minimum atomic E-state index is -1.80. The molecule has 4 N–H and O–H groups in total. The van der Waals surface area contributed by atoms with E-state index in [1.54, 1.807) is 0 Å². The minimum Gasteiger partial charge on any atom is -0.385 e. The van der Waals surface area contributed by atoms with Crippen molar-refractivity contribution in [3.63, 3.8) is 0 Å². The monoisotopic (exact) mass is 227 g/mol. The highest BCUT2D eigenvalue weighted by molar-refractivity contribution is 5.80. The molecule has 0 spiro atoms. The Kier molecular flexibility index (Phi) is 3.70. The van der Waals surface area contributed by atoms with E-state index in [1.807, 2.05) is 0 Å². The highest BCUT2D eigenvalue weighted by Gasteiger charge is 2.23. The van der Waals surface area contributed by atoms with Crippen LogP contribution in [0.4, 0.5) is 4.39 Å².